The molecule has 172 valence electrons. The Balaban J connectivity index is 1.49. The van der Waals surface area contributed by atoms with Gasteiger partial charge in [0.2, 0.25) is 11.1 Å². The number of nitrogens with one attached hydrogen (secondary N) is 1. The van der Waals surface area contributed by atoms with Gasteiger partial charge in [-0.3, -0.25) is 4.79 Å². The van der Waals surface area contributed by atoms with Crippen molar-refractivity contribution in [2.45, 2.75) is 38.0 Å². The van der Waals surface area contributed by atoms with Gasteiger partial charge in [-0.25, -0.2) is 9.50 Å². The molecule has 0 bridgehead atoms. The first-order valence-corrected chi connectivity index (χ1v) is 10.9. The Morgan fingerprint density at radius 3 is 2.73 bits per heavy atom. The molecular formula is C19H18F3N9OS. The number of aromatic nitrogens is 8. The van der Waals surface area contributed by atoms with Gasteiger partial charge in [0.05, 0.1) is 5.69 Å². The van der Waals surface area contributed by atoms with Crippen LogP contribution < -0.4 is 5.32 Å². The maximum Gasteiger partial charge on any atom is 0.453 e. The Morgan fingerprint density at radius 2 is 2.00 bits per heavy atom. The van der Waals surface area contributed by atoms with E-state index in [1.807, 2.05) is 12.3 Å². The molecule has 0 unspecified atom stereocenters. The van der Waals surface area contributed by atoms with E-state index in [2.05, 4.69) is 35.9 Å². The van der Waals surface area contributed by atoms with Gasteiger partial charge in [0.25, 0.3) is 11.6 Å². The maximum atomic E-state index is 12.9. The van der Waals surface area contributed by atoms with E-state index in [-0.39, 0.29) is 24.5 Å². The van der Waals surface area contributed by atoms with E-state index in [4.69, 9.17) is 0 Å². The molecule has 0 fully saturated rings. The van der Waals surface area contributed by atoms with Crippen LogP contribution in [0, 0.1) is 13.8 Å². The lowest BCUT2D eigenvalue weighted by molar-refractivity contribution is -0.144. The summed E-state index contributed by atoms with van der Waals surface area (Å²) in [5, 5.41) is 18.5. The van der Waals surface area contributed by atoms with Crippen LogP contribution in [0.1, 0.15) is 29.2 Å². The van der Waals surface area contributed by atoms with E-state index in [0.29, 0.717) is 33.5 Å². The van der Waals surface area contributed by atoms with Gasteiger partial charge in [-0.1, -0.05) is 17.8 Å². The topological polar surface area (TPSA) is 116 Å². The predicted octanol–water partition coefficient (Wildman–Crippen LogP) is 3.03. The number of amides is 1. The Morgan fingerprint density at radius 1 is 1.21 bits per heavy atom. The van der Waals surface area contributed by atoms with Crippen LogP contribution in [0.5, 0.6) is 0 Å². The second-order valence-corrected chi connectivity index (χ2v) is 7.86. The van der Waals surface area contributed by atoms with Crippen LogP contribution in [0.3, 0.4) is 0 Å². The third-order valence-corrected chi connectivity index (χ3v) is 5.52. The molecule has 0 saturated heterocycles. The molecule has 0 spiro atoms. The molecule has 14 heteroatoms. The van der Waals surface area contributed by atoms with Crippen molar-refractivity contribution in [3.63, 3.8) is 0 Å². The molecule has 0 aliphatic heterocycles. The lowest BCUT2D eigenvalue weighted by Gasteiger charge is -2.11. The number of benzene rings is 1. The molecule has 1 N–H and O–H groups in total. The summed E-state index contributed by atoms with van der Waals surface area (Å²) >= 11 is 1.39. The average Bonchev–Trinajstić information content (AvgIpc) is 3.40. The van der Waals surface area contributed by atoms with Crippen LogP contribution in [-0.4, -0.2) is 52.0 Å². The predicted molar refractivity (Wildman–Crippen MR) is 113 cm³/mol. The van der Waals surface area contributed by atoms with E-state index >= 15 is 0 Å². The van der Waals surface area contributed by atoms with Crippen LogP contribution in [0.25, 0.3) is 11.5 Å². The Labute approximate surface area is 189 Å². The molecular weight excluding hydrogens is 459 g/mol. The van der Waals surface area contributed by atoms with Crippen LogP contribution in [-0.2, 0) is 17.4 Å². The number of carbonyl (C=O) groups is 1. The van der Waals surface area contributed by atoms with Crippen molar-refractivity contribution in [1.29, 1.82) is 0 Å². The first-order valence-electron chi connectivity index (χ1n) is 9.70. The monoisotopic (exact) mass is 477 g/mol. The first-order chi connectivity index (χ1) is 15.7. The van der Waals surface area contributed by atoms with Gasteiger partial charge in [-0.15, -0.1) is 10.2 Å². The lowest BCUT2D eigenvalue weighted by atomic mass is 10.1. The number of anilines is 1. The highest BCUT2D eigenvalue weighted by Crippen LogP contribution is 2.27. The number of halogens is 3. The number of rotatable bonds is 6. The molecule has 1 aromatic carbocycles. The summed E-state index contributed by atoms with van der Waals surface area (Å²) in [7, 11) is 0. The molecule has 0 radical (unpaired) electrons. The smallest absolute Gasteiger partial charge is 0.326 e. The summed E-state index contributed by atoms with van der Waals surface area (Å²) in [5.41, 5.74) is 2.85. The molecule has 4 aromatic rings. The Bertz CT molecular complexity index is 1330. The van der Waals surface area contributed by atoms with Crippen molar-refractivity contribution < 1.29 is 18.0 Å². The minimum Gasteiger partial charge on any atom is -0.326 e. The summed E-state index contributed by atoms with van der Waals surface area (Å²) < 4.78 is 41.5. The number of thioether (sulfide) groups is 1. The van der Waals surface area contributed by atoms with Crippen molar-refractivity contribution in [3.8, 4) is 5.69 Å². The molecule has 1 amide bonds. The van der Waals surface area contributed by atoms with Crippen LogP contribution >= 0.6 is 11.8 Å². The van der Waals surface area contributed by atoms with Gasteiger partial charge in [0.1, 0.15) is 0 Å². The zero-order chi connectivity index (χ0) is 23.8. The Hall–Kier alpha value is -3.55. The van der Waals surface area contributed by atoms with Crippen molar-refractivity contribution in [2.24, 2.45) is 0 Å². The number of tetrazole rings is 1. The fourth-order valence-electron chi connectivity index (χ4n) is 3.34. The minimum absolute atomic E-state index is 0.0981. The standard InChI is InChI=1S/C19H18F3N9OS/c1-10-14(11(2)30-17(23-10)25-16(27-30)19(20,21)22)7-8-15(32)24-12-5-4-6-13(9-12)31-18(33-3)26-28-29-31/h4-6,9H,7-8H2,1-3H3,(H,24,32). The maximum absolute atomic E-state index is 12.9. The third kappa shape index (κ3) is 4.65. The Kier molecular flexibility index (Phi) is 6.01. The van der Waals surface area contributed by atoms with Gasteiger partial charge in [0, 0.05) is 23.5 Å². The summed E-state index contributed by atoms with van der Waals surface area (Å²) in [6, 6.07) is 7.06. The zero-order valence-corrected chi connectivity index (χ0v) is 18.6. The van der Waals surface area contributed by atoms with Crippen molar-refractivity contribution in [2.75, 3.05) is 11.6 Å². The van der Waals surface area contributed by atoms with Crippen LogP contribution in [0.2, 0.25) is 0 Å². The molecule has 0 aliphatic rings. The molecule has 3 aromatic heterocycles. The van der Waals surface area contributed by atoms with E-state index in [0.717, 1.165) is 4.52 Å². The summed E-state index contributed by atoms with van der Waals surface area (Å²) in [6.45, 7) is 3.30. The highest BCUT2D eigenvalue weighted by Gasteiger charge is 2.37. The second-order valence-electron chi connectivity index (χ2n) is 7.08. The summed E-state index contributed by atoms with van der Waals surface area (Å²) in [5.74, 6) is -1.64. The lowest BCUT2D eigenvalue weighted by Crippen LogP contribution is -2.14. The zero-order valence-electron chi connectivity index (χ0n) is 17.8. The first kappa shape index (κ1) is 22.6. The summed E-state index contributed by atoms with van der Waals surface area (Å²) in [6.07, 6.45) is -2.44. The van der Waals surface area contributed by atoms with E-state index in [1.54, 1.807) is 36.7 Å². The third-order valence-electron chi connectivity index (χ3n) is 4.90. The number of fused-ring (bicyclic) bond motifs is 1. The number of aryl methyl sites for hydroxylation is 2. The number of carbonyl (C=O) groups excluding carboxylic acids is 1. The van der Waals surface area contributed by atoms with Crippen molar-refractivity contribution in [3.05, 3.63) is 47.0 Å². The summed E-state index contributed by atoms with van der Waals surface area (Å²) in [4.78, 5) is 20.1. The average molecular weight is 477 g/mol. The number of alkyl halides is 3. The van der Waals surface area contributed by atoms with Crippen molar-refractivity contribution in [1.82, 2.24) is 39.8 Å². The molecule has 0 atom stereocenters. The van der Waals surface area contributed by atoms with Gasteiger partial charge in [-0.05, 0) is 60.7 Å². The normalized spacial score (nSPS) is 11.8. The van der Waals surface area contributed by atoms with Crippen LogP contribution in [0.4, 0.5) is 18.9 Å². The fraction of sp³-hybridized carbons (Fsp3) is 0.316. The number of nitrogens with zero attached hydrogens (tertiary/aromatic N) is 8. The quantitative estimate of drug-likeness (QED) is 0.422. The largest absolute Gasteiger partial charge is 0.453 e. The minimum atomic E-state index is -4.67. The van der Waals surface area contributed by atoms with Crippen LogP contribution in [0.15, 0.2) is 29.4 Å². The molecule has 0 aliphatic carbocycles. The van der Waals surface area contributed by atoms with E-state index in [9.17, 15) is 18.0 Å². The highest BCUT2D eigenvalue weighted by molar-refractivity contribution is 7.98. The molecule has 33 heavy (non-hydrogen) atoms. The number of hydrogen-bond donors (Lipinski definition) is 1. The molecule has 4 rings (SSSR count). The van der Waals surface area contributed by atoms with Gasteiger partial charge in [0.15, 0.2) is 0 Å². The molecule has 10 nitrogen and oxygen atoms in total. The second kappa shape index (κ2) is 8.77. The number of hydrogen-bond acceptors (Lipinski definition) is 8. The van der Waals surface area contributed by atoms with Gasteiger partial charge < -0.3 is 5.32 Å². The molecule has 3 heterocycles. The SMILES string of the molecule is CSc1nnnn1-c1cccc(NC(=O)CCc2c(C)nc3nc(C(F)(F)F)nn3c2C)c1. The molecule has 0 saturated carbocycles. The van der Waals surface area contributed by atoms with E-state index in [1.165, 1.54) is 11.8 Å². The highest BCUT2D eigenvalue weighted by atomic mass is 32.2. The van der Waals surface area contributed by atoms with Gasteiger partial charge in [-0.2, -0.15) is 22.8 Å². The van der Waals surface area contributed by atoms with Gasteiger partial charge >= 0.3 is 6.18 Å². The fourth-order valence-corrected chi connectivity index (χ4v) is 3.77. The van der Waals surface area contributed by atoms with Crippen molar-refractivity contribution >= 4 is 29.1 Å². The van der Waals surface area contributed by atoms with E-state index < -0.39 is 12.0 Å².